The summed E-state index contributed by atoms with van der Waals surface area (Å²) in [6.07, 6.45) is 2.16. The topological polar surface area (TPSA) is 76.3 Å². The molecular formula is C36H32N4O2S. The summed E-state index contributed by atoms with van der Waals surface area (Å²) in [5.74, 6) is -0.118. The number of nitrogens with zero attached hydrogens (tertiary/aromatic N) is 3. The first kappa shape index (κ1) is 28.4. The van der Waals surface area contributed by atoms with Crippen molar-refractivity contribution in [2.75, 3.05) is 11.6 Å². The van der Waals surface area contributed by atoms with Crippen molar-refractivity contribution in [2.45, 2.75) is 23.5 Å². The third-order valence-corrected chi connectivity index (χ3v) is 8.73. The lowest BCUT2D eigenvalue weighted by atomic mass is 9.72. The highest BCUT2D eigenvalue weighted by molar-refractivity contribution is 7.98. The highest BCUT2D eigenvalue weighted by Crippen LogP contribution is 2.45. The van der Waals surface area contributed by atoms with Crippen molar-refractivity contribution in [2.24, 2.45) is 18.0 Å². The molecule has 7 heteroatoms. The summed E-state index contributed by atoms with van der Waals surface area (Å²) in [5, 5.41) is 4.26. The molecule has 1 N–H and O–H groups in total. The average molecular weight is 585 g/mol. The van der Waals surface area contributed by atoms with Gasteiger partial charge in [0, 0.05) is 30.9 Å². The van der Waals surface area contributed by atoms with Crippen LogP contribution in [0.3, 0.4) is 0 Å². The summed E-state index contributed by atoms with van der Waals surface area (Å²) in [6, 6.07) is 39.4. The molecule has 3 atom stereocenters. The van der Waals surface area contributed by atoms with E-state index in [1.54, 1.807) is 11.6 Å². The van der Waals surface area contributed by atoms with Crippen molar-refractivity contribution in [1.82, 2.24) is 9.55 Å². The van der Waals surface area contributed by atoms with Crippen LogP contribution in [-0.2, 0) is 7.05 Å². The quantitative estimate of drug-likeness (QED) is 0.116. The summed E-state index contributed by atoms with van der Waals surface area (Å²) in [4.78, 5) is 37.7. The molecule has 0 aliphatic carbocycles. The first-order valence-electron chi connectivity index (χ1n) is 14.3. The van der Waals surface area contributed by atoms with Gasteiger partial charge < -0.3 is 5.32 Å². The summed E-state index contributed by atoms with van der Waals surface area (Å²) >= 11 is 1.41. The lowest BCUT2D eigenvalue weighted by Gasteiger charge is -2.35. The molecule has 0 fully saturated rings. The fraction of sp³-hybridized carbons (Fsp3) is 0.167. The first-order valence-corrected chi connectivity index (χ1v) is 15.5. The molecule has 1 aromatic heterocycles. The first-order chi connectivity index (χ1) is 21.0. The number of Topliss-reactive ketones (excluding diaryl/α,β-unsaturated/α-hetero) is 1. The van der Waals surface area contributed by atoms with Gasteiger partial charge in [0.05, 0.1) is 11.8 Å². The molecule has 3 unspecified atom stereocenters. The van der Waals surface area contributed by atoms with Gasteiger partial charge in [0.15, 0.2) is 22.4 Å². The number of carbonyl (C=O) groups excluding carboxylic acids is 1. The maximum absolute atomic E-state index is 13.9. The molecule has 6 nitrogen and oxygen atoms in total. The van der Waals surface area contributed by atoms with Gasteiger partial charge in [-0.3, -0.25) is 14.2 Å². The monoisotopic (exact) mass is 584 g/mol. The van der Waals surface area contributed by atoms with Crippen LogP contribution in [0, 0.1) is 5.92 Å². The second-order valence-electron chi connectivity index (χ2n) is 10.6. The molecular weight excluding hydrogens is 552 g/mol. The average Bonchev–Trinajstić information content (AvgIpc) is 3.24. The molecule has 43 heavy (non-hydrogen) atoms. The summed E-state index contributed by atoms with van der Waals surface area (Å²) in [6.45, 7) is 0. The van der Waals surface area contributed by atoms with Gasteiger partial charge in [0.25, 0.3) is 5.56 Å². The minimum atomic E-state index is -0.343. The fourth-order valence-electron chi connectivity index (χ4n) is 5.88. The number of carbonyl (C=O) groups is 1. The van der Waals surface area contributed by atoms with Crippen LogP contribution in [0.25, 0.3) is 0 Å². The summed E-state index contributed by atoms with van der Waals surface area (Å²) in [5.41, 5.74) is 4.40. The predicted octanol–water partition coefficient (Wildman–Crippen LogP) is 7.46. The van der Waals surface area contributed by atoms with Gasteiger partial charge in [-0.2, -0.15) is 0 Å². The Hall–Kier alpha value is -4.75. The van der Waals surface area contributed by atoms with Gasteiger partial charge in [-0.1, -0.05) is 133 Å². The zero-order valence-corrected chi connectivity index (χ0v) is 24.9. The van der Waals surface area contributed by atoms with Gasteiger partial charge >= 0.3 is 0 Å². The number of anilines is 1. The van der Waals surface area contributed by atoms with E-state index in [9.17, 15) is 9.59 Å². The van der Waals surface area contributed by atoms with E-state index >= 15 is 0 Å². The van der Waals surface area contributed by atoms with Gasteiger partial charge in [-0.05, 0) is 22.9 Å². The molecule has 214 valence electrons. The van der Waals surface area contributed by atoms with Crippen molar-refractivity contribution in [3.05, 3.63) is 154 Å². The molecule has 0 bridgehead atoms. The second kappa shape index (κ2) is 12.6. The highest BCUT2D eigenvalue weighted by Gasteiger charge is 2.40. The Morgan fingerprint density at radius 1 is 0.860 bits per heavy atom. The van der Waals surface area contributed by atoms with Crippen LogP contribution in [0.5, 0.6) is 0 Å². The minimum absolute atomic E-state index is 0.0501. The van der Waals surface area contributed by atoms with E-state index in [1.165, 1.54) is 11.8 Å². The van der Waals surface area contributed by atoms with E-state index in [0.717, 1.165) is 22.4 Å². The molecule has 1 aliphatic heterocycles. The normalized spacial score (nSPS) is 16.7. The van der Waals surface area contributed by atoms with E-state index in [0.29, 0.717) is 16.5 Å². The maximum atomic E-state index is 13.9. The molecule has 0 saturated heterocycles. The van der Waals surface area contributed by atoms with Crippen LogP contribution >= 0.6 is 11.8 Å². The van der Waals surface area contributed by atoms with E-state index in [-0.39, 0.29) is 41.3 Å². The minimum Gasteiger partial charge on any atom is -0.361 e. The van der Waals surface area contributed by atoms with Gasteiger partial charge in [-0.15, -0.1) is 0 Å². The molecule has 0 radical (unpaired) electrons. The molecule has 4 aromatic carbocycles. The van der Waals surface area contributed by atoms with Crippen molar-refractivity contribution >= 4 is 34.8 Å². The lowest BCUT2D eigenvalue weighted by molar-refractivity contribution is 0.0967. The number of benzene rings is 4. The van der Waals surface area contributed by atoms with Crippen LogP contribution in [0.1, 0.15) is 45.4 Å². The number of thioether (sulfide) groups is 1. The number of aliphatic imine (C=N–C) groups is 1. The number of hydrogen-bond acceptors (Lipinski definition) is 6. The van der Waals surface area contributed by atoms with Crippen molar-refractivity contribution in [3.8, 4) is 0 Å². The number of rotatable bonds is 8. The van der Waals surface area contributed by atoms with Crippen LogP contribution in [0.2, 0.25) is 0 Å². The predicted molar refractivity (Wildman–Crippen MR) is 175 cm³/mol. The summed E-state index contributed by atoms with van der Waals surface area (Å²) in [7, 11) is 1.72. The zero-order valence-electron chi connectivity index (χ0n) is 24.1. The van der Waals surface area contributed by atoms with Crippen molar-refractivity contribution in [1.29, 1.82) is 0 Å². The number of fused-ring (bicyclic) bond motifs is 1. The van der Waals surface area contributed by atoms with Crippen molar-refractivity contribution in [3.63, 3.8) is 0 Å². The Morgan fingerprint density at radius 3 is 2.07 bits per heavy atom. The number of aromatic nitrogens is 2. The van der Waals surface area contributed by atoms with Crippen LogP contribution in [0.15, 0.2) is 136 Å². The summed E-state index contributed by atoms with van der Waals surface area (Å²) < 4.78 is 1.54. The second-order valence-corrected chi connectivity index (χ2v) is 11.4. The van der Waals surface area contributed by atoms with Crippen LogP contribution in [0.4, 0.5) is 11.5 Å². The smallest absolute Gasteiger partial charge is 0.282 e. The Bertz CT molecular complexity index is 1810. The number of nitrogens with one attached hydrogen (secondary N) is 1. The third-order valence-electron chi connectivity index (χ3n) is 8.00. The Balaban J connectivity index is 1.63. The molecule has 6 rings (SSSR count). The van der Waals surface area contributed by atoms with E-state index in [4.69, 9.17) is 9.98 Å². The lowest BCUT2D eigenvalue weighted by Crippen LogP contribution is -2.34. The molecule has 0 spiro atoms. The third kappa shape index (κ3) is 5.81. The zero-order chi connectivity index (χ0) is 29.8. The Kier molecular flexibility index (Phi) is 8.34. The van der Waals surface area contributed by atoms with Gasteiger partial charge in [-0.25, -0.2) is 9.98 Å². The molecule has 0 amide bonds. The van der Waals surface area contributed by atoms with E-state index in [2.05, 4.69) is 29.6 Å². The Labute approximate surface area is 255 Å². The van der Waals surface area contributed by atoms with Crippen LogP contribution in [-0.4, -0.2) is 27.3 Å². The molecule has 0 saturated carbocycles. The maximum Gasteiger partial charge on any atom is 0.282 e. The Morgan fingerprint density at radius 2 is 1.44 bits per heavy atom. The molecule has 2 heterocycles. The van der Waals surface area contributed by atoms with Gasteiger partial charge in [0.2, 0.25) is 0 Å². The van der Waals surface area contributed by atoms with E-state index < -0.39 is 0 Å². The molecule has 1 aliphatic rings. The largest absolute Gasteiger partial charge is 0.361 e. The fourth-order valence-corrected chi connectivity index (χ4v) is 6.42. The number of hydrogen-bond donors (Lipinski definition) is 1. The van der Waals surface area contributed by atoms with E-state index in [1.807, 2.05) is 103 Å². The van der Waals surface area contributed by atoms with Crippen molar-refractivity contribution < 1.29 is 4.79 Å². The highest BCUT2D eigenvalue weighted by atomic mass is 32.2. The number of ketones is 1. The van der Waals surface area contributed by atoms with Crippen LogP contribution < -0.4 is 10.9 Å². The van der Waals surface area contributed by atoms with Gasteiger partial charge in [0.1, 0.15) is 0 Å². The molecule has 5 aromatic rings. The SMILES string of the molecule is CSc1nc2c(c(=O)n1C)N=C(c1ccccc1)C(C(CC(=O)c1ccccc1)c1ccccc1)C(c1ccccc1)N2. The standard InChI is InChI=1S/C36H32N4O2S/c1-40-35(42)33-34(39-36(40)43-2)38-32(27-21-13-6-14-22-27)30(31(37-33)26-19-11-5-12-20-26)28(24-15-7-3-8-16-24)23-29(41)25-17-9-4-10-18-25/h3-22,28,30,32,38H,23H2,1-2H3.